The summed E-state index contributed by atoms with van der Waals surface area (Å²) in [7, 11) is 0. The maximum atomic E-state index is 11.8. The van der Waals surface area contributed by atoms with Crippen molar-refractivity contribution in [3.63, 3.8) is 0 Å². The quantitative estimate of drug-likeness (QED) is 0.687. The van der Waals surface area contributed by atoms with Crippen LogP contribution in [0.4, 0.5) is 8.78 Å². The van der Waals surface area contributed by atoms with Crippen LogP contribution < -0.4 is 0 Å². The predicted octanol–water partition coefficient (Wildman–Crippen LogP) is 3.99. The third kappa shape index (κ3) is 2.41. The molecule has 12 heavy (non-hydrogen) atoms. The molecule has 0 bridgehead atoms. The zero-order chi connectivity index (χ0) is 9.14. The van der Waals surface area contributed by atoms with Gasteiger partial charge in [-0.3, -0.25) is 0 Å². The third-order valence-electron chi connectivity index (χ3n) is 1.47. The maximum Gasteiger partial charge on any atom is 0.270 e. The van der Waals surface area contributed by atoms with Crippen LogP contribution in [0.5, 0.6) is 0 Å². The van der Waals surface area contributed by atoms with E-state index in [0.717, 1.165) is 16.1 Å². The Hall–Kier alpha value is -0.700. The van der Waals surface area contributed by atoms with E-state index >= 15 is 0 Å². The van der Waals surface area contributed by atoms with Gasteiger partial charge in [0.1, 0.15) is 0 Å². The lowest BCUT2D eigenvalue weighted by Gasteiger charge is -1.98. The van der Waals surface area contributed by atoms with Gasteiger partial charge in [0.2, 0.25) is 0 Å². The minimum atomic E-state index is -1.68. The van der Waals surface area contributed by atoms with Gasteiger partial charge >= 0.3 is 0 Å². The van der Waals surface area contributed by atoms with Crippen LogP contribution in [0, 0.1) is 6.92 Å². The van der Waals surface area contributed by atoms with Gasteiger partial charge in [-0.25, -0.2) is 0 Å². The van der Waals surface area contributed by atoms with Crippen LogP contribution in [0.1, 0.15) is 11.1 Å². The summed E-state index contributed by atoms with van der Waals surface area (Å²) in [6.07, 6.45) is -0.838. The highest BCUT2D eigenvalue weighted by molar-refractivity contribution is 9.10. The van der Waals surface area contributed by atoms with Crippen LogP contribution in [0.3, 0.4) is 0 Å². The minimum Gasteiger partial charge on any atom is -0.173 e. The van der Waals surface area contributed by atoms with Gasteiger partial charge in [0.05, 0.1) is 0 Å². The summed E-state index contributed by atoms with van der Waals surface area (Å²) in [6.45, 7) is 1.91. The monoisotopic (exact) mass is 232 g/mol. The Morgan fingerprint density at radius 1 is 1.42 bits per heavy atom. The Morgan fingerprint density at radius 3 is 2.58 bits per heavy atom. The molecule has 64 valence electrons. The van der Waals surface area contributed by atoms with Crippen LogP contribution in [0.25, 0.3) is 6.08 Å². The minimum absolute atomic E-state index is 0.507. The van der Waals surface area contributed by atoms with Crippen molar-refractivity contribution in [2.24, 2.45) is 0 Å². The Labute approximate surface area is 78.0 Å². The Morgan fingerprint density at radius 2 is 2.08 bits per heavy atom. The molecule has 3 heteroatoms. The molecule has 0 saturated carbocycles. The summed E-state index contributed by atoms with van der Waals surface area (Å²) >= 11 is 3.26. The molecule has 0 radical (unpaired) electrons. The number of hydrogen-bond acceptors (Lipinski definition) is 0. The molecule has 0 heterocycles. The van der Waals surface area contributed by atoms with Crippen LogP contribution >= 0.6 is 15.9 Å². The van der Waals surface area contributed by atoms with Crippen molar-refractivity contribution in [1.82, 2.24) is 0 Å². The second-order valence-electron chi connectivity index (χ2n) is 2.44. The normalized spacial score (nSPS) is 9.67. The zero-order valence-corrected chi connectivity index (χ0v) is 8.03. The van der Waals surface area contributed by atoms with E-state index in [1.807, 2.05) is 6.92 Å². The fraction of sp³-hybridized carbons (Fsp3) is 0.111. The van der Waals surface area contributed by atoms with E-state index in [4.69, 9.17) is 0 Å². The molecule has 1 aromatic carbocycles. The Bertz CT molecular complexity index is 314. The highest BCUT2D eigenvalue weighted by atomic mass is 79.9. The number of aryl methyl sites for hydroxylation is 1. The molecule has 0 spiro atoms. The van der Waals surface area contributed by atoms with Gasteiger partial charge in [0.15, 0.2) is 0 Å². The molecule has 0 N–H and O–H groups in total. The standard InChI is InChI=1S/C9H7BrF2/c1-6-2-3-7(4-8(6)10)5-9(11)12/h2-5H,1H3. The van der Waals surface area contributed by atoms with Crippen molar-refractivity contribution in [3.05, 3.63) is 39.9 Å². The van der Waals surface area contributed by atoms with E-state index in [0.29, 0.717) is 5.56 Å². The molecule has 0 amide bonds. The average Bonchev–Trinajstić information content (AvgIpc) is 1.96. The molecule has 0 saturated heterocycles. The molecule has 0 fully saturated rings. The number of rotatable bonds is 1. The molecule has 0 atom stereocenters. The molecular weight excluding hydrogens is 226 g/mol. The molecule has 0 aliphatic heterocycles. The van der Waals surface area contributed by atoms with Gasteiger partial charge in [-0.15, -0.1) is 0 Å². The average molecular weight is 233 g/mol. The van der Waals surface area contributed by atoms with E-state index < -0.39 is 6.08 Å². The van der Waals surface area contributed by atoms with E-state index in [-0.39, 0.29) is 0 Å². The summed E-state index contributed by atoms with van der Waals surface area (Å²) in [5.41, 5.74) is 1.54. The number of halogens is 3. The largest absolute Gasteiger partial charge is 0.270 e. The lowest BCUT2D eigenvalue weighted by atomic mass is 10.1. The molecule has 0 aromatic heterocycles. The first-order valence-corrected chi connectivity index (χ1v) is 4.18. The second-order valence-corrected chi connectivity index (χ2v) is 3.30. The fourth-order valence-corrected chi connectivity index (χ4v) is 1.22. The van der Waals surface area contributed by atoms with Crippen molar-refractivity contribution in [3.8, 4) is 0 Å². The summed E-state index contributed by atoms with van der Waals surface area (Å²) in [5.74, 6) is 0. The van der Waals surface area contributed by atoms with Gasteiger partial charge in [-0.1, -0.05) is 28.1 Å². The topological polar surface area (TPSA) is 0 Å². The molecule has 1 aromatic rings. The van der Waals surface area contributed by atoms with Crippen molar-refractivity contribution in [2.75, 3.05) is 0 Å². The van der Waals surface area contributed by atoms with Gasteiger partial charge < -0.3 is 0 Å². The van der Waals surface area contributed by atoms with Crippen molar-refractivity contribution >= 4 is 22.0 Å². The van der Waals surface area contributed by atoms with E-state index in [1.165, 1.54) is 0 Å². The molecular formula is C9H7BrF2. The summed E-state index contributed by atoms with van der Waals surface area (Å²) in [5, 5.41) is 0. The van der Waals surface area contributed by atoms with Gasteiger partial charge in [0.25, 0.3) is 6.08 Å². The second kappa shape index (κ2) is 3.81. The summed E-state index contributed by atoms with van der Waals surface area (Å²) in [6, 6.07) is 5.10. The van der Waals surface area contributed by atoms with Crippen molar-refractivity contribution < 1.29 is 8.78 Å². The lowest BCUT2D eigenvalue weighted by Crippen LogP contribution is -1.77. The fourth-order valence-electron chi connectivity index (χ4n) is 0.825. The smallest absolute Gasteiger partial charge is 0.173 e. The Balaban J connectivity index is 3.05. The Kier molecular flexibility index (Phi) is 2.98. The SMILES string of the molecule is Cc1ccc(C=C(F)F)cc1Br. The number of benzene rings is 1. The molecule has 0 aliphatic carbocycles. The van der Waals surface area contributed by atoms with Crippen LogP contribution in [0.2, 0.25) is 0 Å². The van der Waals surface area contributed by atoms with E-state index in [2.05, 4.69) is 15.9 Å². The third-order valence-corrected chi connectivity index (χ3v) is 2.33. The molecule has 0 aliphatic rings. The van der Waals surface area contributed by atoms with Gasteiger partial charge in [-0.2, -0.15) is 8.78 Å². The van der Waals surface area contributed by atoms with Gasteiger partial charge in [-0.05, 0) is 24.1 Å². The predicted molar refractivity (Wildman–Crippen MR) is 49.1 cm³/mol. The lowest BCUT2D eigenvalue weighted by molar-refractivity contribution is 0.429. The number of hydrogen-bond donors (Lipinski definition) is 0. The highest BCUT2D eigenvalue weighted by Gasteiger charge is 1.96. The van der Waals surface area contributed by atoms with Gasteiger partial charge in [0, 0.05) is 10.5 Å². The van der Waals surface area contributed by atoms with Crippen LogP contribution in [-0.2, 0) is 0 Å². The molecule has 1 rings (SSSR count). The highest BCUT2D eigenvalue weighted by Crippen LogP contribution is 2.19. The van der Waals surface area contributed by atoms with Crippen LogP contribution in [0.15, 0.2) is 28.8 Å². The first-order chi connectivity index (χ1) is 5.59. The zero-order valence-electron chi connectivity index (χ0n) is 6.44. The summed E-state index contributed by atoms with van der Waals surface area (Å²) in [4.78, 5) is 0. The van der Waals surface area contributed by atoms with Crippen molar-refractivity contribution in [2.45, 2.75) is 6.92 Å². The molecule has 0 nitrogen and oxygen atoms in total. The first kappa shape index (κ1) is 9.39. The van der Waals surface area contributed by atoms with E-state index in [9.17, 15) is 8.78 Å². The maximum absolute atomic E-state index is 11.8. The molecule has 0 unspecified atom stereocenters. The van der Waals surface area contributed by atoms with Crippen molar-refractivity contribution in [1.29, 1.82) is 0 Å². The first-order valence-electron chi connectivity index (χ1n) is 3.38. The van der Waals surface area contributed by atoms with Crippen LogP contribution in [-0.4, -0.2) is 0 Å². The van der Waals surface area contributed by atoms with E-state index in [1.54, 1.807) is 18.2 Å². The summed E-state index contributed by atoms with van der Waals surface area (Å²) < 4.78 is 24.4.